The van der Waals surface area contributed by atoms with E-state index in [0.717, 1.165) is 36.6 Å². The van der Waals surface area contributed by atoms with Gasteiger partial charge in [0.25, 0.3) is 0 Å². The van der Waals surface area contributed by atoms with Crippen molar-refractivity contribution < 1.29 is 4.74 Å². The third-order valence-electron chi connectivity index (χ3n) is 3.11. The van der Waals surface area contributed by atoms with Crippen molar-refractivity contribution in [1.82, 2.24) is 15.1 Å². The van der Waals surface area contributed by atoms with Crippen molar-refractivity contribution in [2.24, 2.45) is 0 Å². The molecule has 1 heterocycles. The van der Waals surface area contributed by atoms with E-state index in [4.69, 9.17) is 4.74 Å². The predicted octanol–water partition coefficient (Wildman–Crippen LogP) is 2.40. The van der Waals surface area contributed by atoms with Crippen LogP contribution in [-0.4, -0.2) is 35.8 Å². The van der Waals surface area contributed by atoms with Gasteiger partial charge in [0.05, 0.1) is 12.8 Å². The fraction of sp³-hybridized carbons (Fsp3) is 0.400. The third kappa shape index (κ3) is 4.10. The molecule has 4 nitrogen and oxygen atoms in total. The van der Waals surface area contributed by atoms with Gasteiger partial charge in [-0.2, -0.15) is 5.10 Å². The SMILES string of the molecule is COc1cccc(CCN(C)Cc2cc(C)[nH]n2)c1. The maximum atomic E-state index is 5.23. The van der Waals surface area contributed by atoms with Gasteiger partial charge in [-0.15, -0.1) is 0 Å². The number of hydrogen-bond donors (Lipinski definition) is 1. The van der Waals surface area contributed by atoms with Crippen LogP contribution >= 0.6 is 0 Å². The molecule has 0 bridgehead atoms. The number of aromatic amines is 1. The van der Waals surface area contributed by atoms with Crippen LogP contribution in [0.3, 0.4) is 0 Å². The van der Waals surface area contributed by atoms with Crippen molar-refractivity contribution in [3.8, 4) is 5.75 Å². The number of nitrogens with zero attached hydrogens (tertiary/aromatic N) is 2. The van der Waals surface area contributed by atoms with Gasteiger partial charge >= 0.3 is 0 Å². The number of nitrogens with one attached hydrogen (secondary N) is 1. The Labute approximate surface area is 114 Å². The smallest absolute Gasteiger partial charge is 0.119 e. The zero-order valence-corrected chi connectivity index (χ0v) is 11.8. The summed E-state index contributed by atoms with van der Waals surface area (Å²) in [6.45, 7) is 3.89. The number of H-pyrrole nitrogens is 1. The predicted molar refractivity (Wildman–Crippen MR) is 76.4 cm³/mol. The summed E-state index contributed by atoms with van der Waals surface area (Å²) >= 11 is 0. The van der Waals surface area contributed by atoms with E-state index in [-0.39, 0.29) is 0 Å². The molecule has 0 aliphatic rings. The molecule has 0 radical (unpaired) electrons. The minimum atomic E-state index is 0.869. The normalized spacial score (nSPS) is 10.9. The summed E-state index contributed by atoms with van der Waals surface area (Å²) in [5, 5.41) is 7.22. The second-order valence-electron chi connectivity index (χ2n) is 4.88. The van der Waals surface area contributed by atoms with Crippen LogP contribution in [0.5, 0.6) is 5.75 Å². The third-order valence-corrected chi connectivity index (χ3v) is 3.11. The Balaban J connectivity index is 1.84. The second-order valence-corrected chi connectivity index (χ2v) is 4.88. The lowest BCUT2D eigenvalue weighted by molar-refractivity contribution is 0.326. The van der Waals surface area contributed by atoms with Gasteiger partial charge in [-0.3, -0.25) is 5.10 Å². The highest BCUT2D eigenvalue weighted by Gasteiger charge is 2.04. The van der Waals surface area contributed by atoms with Crippen molar-refractivity contribution in [3.63, 3.8) is 0 Å². The van der Waals surface area contributed by atoms with E-state index >= 15 is 0 Å². The zero-order valence-electron chi connectivity index (χ0n) is 11.8. The summed E-state index contributed by atoms with van der Waals surface area (Å²) in [5.41, 5.74) is 3.49. The van der Waals surface area contributed by atoms with Crippen molar-refractivity contribution >= 4 is 0 Å². The molecule has 19 heavy (non-hydrogen) atoms. The quantitative estimate of drug-likeness (QED) is 0.866. The van der Waals surface area contributed by atoms with E-state index in [0.29, 0.717) is 0 Å². The molecule has 0 saturated carbocycles. The second kappa shape index (κ2) is 6.38. The van der Waals surface area contributed by atoms with Crippen molar-refractivity contribution in [2.45, 2.75) is 19.9 Å². The summed E-state index contributed by atoms with van der Waals surface area (Å²) in [6.07, 6.45) is 1.01. The molecule has 0 amide bonds. The van der Waals surface area contributed by atoms with Gasteiger partial charge in [0.15, 0.2) is 0 Å². The molecule has 102 valence electrons. The van der Waals surface area contributed by atoms with E-state index in [1.165, 1.54) is 5.56 Å². The Morgan fingerprint density at radius 3 is 2.84 bits per heavy atom. The number of aromatic nitrogens is 2. The van der Waals surface area contributed by atoms with Crippen LogP contribution in [-0.2, 0) is 13.0 Å². The van der Waals surface area contributed by atoms with Crippen LogP contribution in [0, 0.1) is 6.92 Å². The highest BCUT2D eigenvalue weighted by atomic mass is 16.5. The standard InChI is InChI=1S/C15H21N3O/c1-12-9-14(17-16-12)11-18(2)8-7-13-5-4-6-15(10-13)19-3/h4-6,9-10H,7-8,11H2,1-3H3,(H,16,17). The average molecular weight is 259 g/mol. The van der Waals surface area contributed by atoms with Gasteiger partial charge in [-0.1, -0.05) is 12.1 Å². The van der Waals surface area contributed by atoms with E-state index in [9.17, 15) is 0 Å². The molecular formula is C15H21N3O. The number of hydrogen-bond acceptors (Lipinski definition) is 3. The van der Waals surface area contributed by atoms with Gasteiger partial charge in [-0.25, -0.2) is 0 Å². The first-order chi connectivity index (χ1) is 9.17. The van der Waals surface area contributed by atoms with Crippen LogP contribution in [0.1, 0.15) is 17.0 Å². The highest BCUT2D eigenvalue weighted by Crippen LogP contribution is 2.13. The molecule has 0 spiro atoms. The molecule has 0 fully saturated rings. The summed E-state index contributed by atoms with van der Waals surface area (Å²) in [4.78, 5) is 2.27. The minimum Gasteiger partial charge on any atom is -0.497 e. The van der Waals surface area contributed by atoms with Crippen molar-refractivity contribution in [1.29, 1.82) is 0 Å². The Bertz CT molecular complexity index is 522. The van der Waals surface area contributed by atoms with Gasteiger partial charge in [-0.05, 0) is 44.2 Å². The van der Waals surface area contributed by atoms with Crippen LogP contribution in [0.25, 0.3) is 0 Å². The minimum absolute atomic E-state index is 0.869. The maximum Gasteiger partial charge on any atom is 0.119 e. The molecule has 1 N–H and O–H groups in total. The van der Waals surface area contributed by atoms with E-state index in [1.807, 2.05) is 19.1 Å². The fourth-order valence-corrected chi connectivity index (χ4v) is 2.06. The number of likely N-dealkylation sites (N-methyl/N-ethyl adjacent to an activating group) is 1. The number of rotatable bonds is 6. The summed E-state index contributed by atoms with van der Waals surface area (Å²) in [5.74, 6) is 0.920. The molecule has 1 aromatic heterocycles. The molecule has 0 aliphatic carbocycles. The Morgan fingerprint density at radius 2 is 2.16 bits per heavy atom. The topological polar surface area (TPSA) is 41.1 Å². The number of ether oxygens (including phenoxy) is 1. The van der Waals surface area contributed by atoms with Crippen molar-refractivity contribution in [3.05, 3.63) is 47.3 Å². The number of benzene rings is 1. The molecule has 4 heteroatoms. The van der Waals surface area contributed by atoms with Gasteiger partial charge < -0.3 is 9.64 Å². The van der Waals surface area contributed by atoms with Crippen LogP contribution in [0.15, 0.2) is 30.3 Å². The molecule has 2 aromatic rings. The van der Waals surface area contributed by atoms with Crippen LogP contribution in [0.2, 0.25) is 0 Å². The number of methoxy groups -OCH3 is 1. The Kier molecular flexibility index (Phi) is 4.58. The number of aryl methyl sites for hydroxylation is 1. The molecule has 0 aliphatic heterocycles. The summed E-state index contributed by atoms with van der Waals surface area (Å²) in [6, 6.07) is 10.3. The molecular weight excluding hydrogens is 238 g/mol. The van der Waals surface area contributed by atoms with Crippen molar-refractivity contribution in [2.75, 3.05) is 20.7 Å². The lowest BCUT2D eigenvalue weighted by Crippen LogP contribution is -2.20. The fourth-order valence-electron chi connectivity index (χ4n) is 2.06. The van der Waals surface area contributed by atoms with Gasteiger partial charge in [0.2, 0.25) is 0 Å². The highest BCUT2D eigenvalue weighted by molar-refractivity contribution is 5.28. The average Bonchev–Trinajstić information content (AvgIpc) is 2.82. The Hall–Kier alpha value is -1.81. The molecule has 2 rings (SSSR count). The van der Waals surface area contributed by atoms with E-state index in [1.54, 1.807) is 7.11 Å². The van der Waals surface area contributed by atoms with E-state index in [2.05, 4.69) is 40.3 Å². The largest absolute Gasteiger partial charge is 0.497 e. The summed E-state index contributed by atoms with van der Waals surface area (Å²) < 4.78 is 5.23. The lowest BCUT2D eigenvalue weighted by Gasteiger charge is -2.15. The Morgan fingerprint density at radius 1 is 1.32 bits per heavy atom. The first-order valence-electron chi connectivity index (χ1n) is 6.50. The molecule has 0 atom stereocenters. The molecule has 1 aromatic carbocycles. The van der Waals surface area contributed by atoms with Gasteiger partial charge in [0, 0.05) is 18.8 Å². The maximum absolute atomic E-state index is 5.23. The monoisotopic (exact) mass is 259 g/mol. The van der Waals surface area contributed by atoms with Crippen LogP contribution < -0.4 is 4.74 Å². The first kappa shape index (κ1) is 13.6. The lowest BCUT2D eigenvalue weighted by atomic mass is 10.1. The van der Waals surface area contributed by atoms with Gasteiger partial charge in [0.1, 0.15) is 5.75 Å². The summed E-state index contributed by atoms with van der Waals surface area (Å²) in [7, 11) is 3.81. The van der Waals surface area contributed by atoms with E-state index < -0.39 is 0 Å². The molecule has 0 saturated heterocycles. The molecule has 0 unspecified atom stereocenters. The zero-order chi connectivity index (χ0) is 13.7. The van der Waals surface area contributed by atoms with Crippen LogP contribution in [0.4, 0.5) is 0 Å². The first-order valence-corrected chi connectivity index (χ1v) is 6.50.